The fraction of sp³-hybridized carbons (Fsp3) is 0.652. The molecule has 0 aliphatic carbocycles. The summed E-state index contributed by atoms with van der Waals surface area (Å²) in [5.74, 6) is -2.75. The summed E-state index contributed by atoms with van der Waals surface area (Å²) in [6.45, 7) is 3.93. The van der Waals surface area contributed by atoms with Crippen LogP contribution in [0.5, 0.6) is 0 Å². The lowest BCUT2D eigenvalue weighted by molar-refractivity contribution is -0.142. The number of aliphatic imine (C=N–C) groups is 1. The number of imidazole rings is 1. The Kier molecular flexibility index (Phi) is 14.8. The summed E-state index contributed by atoms with van der Waals surface area (Å²) < 4.78 is 0. The van der Waals surface area contributed by atoms with Crippen molar-refractivity contribution in [1.29, 1.82) is 0 Å². The van der Waals surface area contributed by atoms with E-state index in [1.54, 1.807) is 6.92 Å². The summed E-state index contributed by atoms with van der Waals surface area (Å²) in [7, 11) is 0. The van der Waals surface area contributed by atoms with Gasteiger partial charge in [0.05, 0.1) is 12.4 Å². The Labute approximate surface area is 226 Å². The Bertz CT molecular complexity index is 924. The van der Waals surface area contributed by atoms with E-state index in [-0.39, 0.29) is 31.1 Å². The molecule has 11 N–H and O–H groups in total. The van der Waals surface area contributed by atoms with Crippen LogP contribution in [0.1, 0.15) is 45.2 Å². The monoisotopic (exact) mass is 555 g/mol. The molecule has 5 unspecified atom stereocenters. The Hall–Kier alpha value is -3.33. The molecule has 1 aromatic rings. The molecular weight excluding hydrogens is 514 g/mol. The number of H-pyrrole nitrogens is 1. The molecule has 0 radical (unpaired) electrons. The van der Waals surface area contributed by atoms with Gasteiger partial charge in [-0.25, -0.2) is 9.78 Å². The highest BCUT2D eigenvalue weighted by Crippen LogP contribution is 2.11. The summed E-state index contributed by atoms with van der Waals surface area (Å²) >= 11 is 1.46. The molecule has 0 aromatic carbocycles. The molecule has 0 spiro atoms. The van der Waals surface area contributed by atoms with E-state index in [4.69, 9.17) is 17.2 Å². The van der Waals surface area contributed by atoms with Crippen molar-refractivity contribution in [3.05, 3.63) is 18.2 Å². The van der Waals surface area contributed by atoms with Gasteiger partial charge in [0, 0.05) is 24.9 Å². The Morgan fingerprint density at radius 2 is 1.79 bits per heavy atom. The molecule has 38 heavy (non-hydrogen) atoms. The van der Waals surface area contributed by atoms with Gasteiger partial charge in [-0.05, 0) is 37.2 Å². The van der Waals surface area contributed by atoms with Crippen LogP contribution in [0, 0.1) is 5.92 Å². The molecule has 3 amide bonds. The average Bonchev–Trinajstić information content (AvgIpc) is 3.39. The highest BCUT2D eigenvalue weighted by Gasteiger charge is 2.33. The lowest BCUT2D eigenvalue weighted by Crippen LogP contribution is -2.59. The molecule has 1 aromatic heterocycles. The van der Waals surface area contributed by atoms with E-state index in [9.17, 15) is 24.3 Å². The van der Waals surface area contributed by atoms with Gasteiger partial charge in [0.25, 0.3) is 0 Å². The standard InChI is InChI=1S/C23H41N9O5S/c1-4-13(2)18(21(35)30-16(22(36)37)7-9-38-3)32-20(34)17(10-14-11-27-12-29-14)31-19(33)15(24)6-5-8-28-23(25)26/h11-13,15-18H,4-10,24H2,1-3H3,(H,27,29)(H,30,35)(H,31,33)(H,32,34)(H,36,37)(H4,25,26,28). The fourth-order valence-corrected chi connectivity index (χ4v) is 3.94. The number of nitrogens with one attached hydrogen (secondary N) is 4. The van der Waals surface area contributed by atoms with Gasteiger partial charge in [-0.2, -0.15) is 11.8 Å². The topological polar surface area (TPSA) is 244 Å². The Balaban J connectivity index is 3.00. The van der Waals surface area contributed by atoms with Crippen molar-refractivity contribution in [2.24, 2.45) is 28.1 Å². The third-order valence-corrected chi connectivity index (χ3v) is 6.58. The van der Waals surface area contributed by atoms with E-state index in [2.05, 4.69) is 30.9 Å². The number of carboxylic acids is 1. The van der Waals surface area contributed by atoms with Crippen LogP contribution in [0.4, 0.5) is 0 Å². The molecule has 0 saturated carbocycles. The Morgan fingerprint density at radius 1 is 1.11 bits per heavy atom. The van der Waals surface area contributed by atoms with Crippen LogP contribution in [0.3, 0.4) is 0 Å². The summed E-state index contributed by atoms with van der Waals surface area (Å²) in [6, 6.07) is -4.09. The van der Waals surface area contributed by atoms with Gasteiger partial charge >= 0.3 is 5.97 Å². The maximum Gasteiger partial charge on any atom is 0.326 e. The summed E-state index contributed by atoms with van der Waals surface area (Å²) in [4.78, 5) is 61.5. The van der Waals surface area contributed by atoms with Crippen LogP contribution in [-0.2, 0) is 25.6 Å². The number of guanidine groups is 1. The number of carbonyl (C=O) groups is 4. The van der Waals surface area contributed by atoms with Crippen molar-refractivity contribution in [2.45, 2.75) is 70.1 Å². The first-order valence-electron chi connectivity index (χ1n) is 12.4. The maximum absolute atomic E-state index is 13.3. The zero-order valence-corrected chi connectivity index (χ0v) is 22.9. The van der Waals surface area contributed by atoms with E-state index in [0.717, 1.165) is 0 Å². The Morgan fingerprint density at radius 3 is 2.34 bits per heavy atom. The second-order valence-corrected chi connectivity index (χ2v) is 9.94. The van der Waals surface area contributed by atoms with Gasteiger partial charge in [0.15, 0.2) is 5.96 Å². The molecule has 0 saturated heterocycles. The van der Waals surface area contributed by atoms with Crippen LogP contribution >= 0.6 is 11.8 Å². The normalized spacial score (nSPS) is 14.8. The molecule has 5 atom stereocenters. The molecule has 14 nitrogen and oxygen atoms in total. The second-order valence-electron chi connectivity index (χ2n) is 8.95. The molecule has 0 fully saturated rings. The van der Waals surface area contributed by atoms with E-state index < -0.39 is 47.9 Å². The molecule has 0 aliphatic heterocycles. The number of hydrogen-bond acceptors (Lipinski definition) is 8. The number of carboxylic acid groups (broad SMARTS) is 1. The summed E-state index contributed by atoms with van der Waals surface area (Å²) in [5.41, 5.74) is 17.2. The number of nitrogens with zero attached hydrogens (tertiary/aromatic N) is 2. The summed E-state index contributed by atoms with van der Waals surface area (Å²) in [6.07, 6.45) is 6.39. The third kappa shape index (κ3) is 11.8. The number of nitrogens with two attached hydrogens (primary N) is 3. The number of hydrogen-bond donors (Lipinski definition) is 8. The molecule has 0 bridgehead atoms. The van der Waals surface area contributed by atoms with Crippen molar-refractivity contribution >= 4 is 41.4 Å². The number of aromatic nitrogens is 2. The number of aliphatic carboxylic acids is 1. The van der Waals surface area contributed by atoms with Gasteiger partial charge in [-0.1, -0.05) is 20.3 Å². The first kappa shape index (κ1) is 32.7. The van der Waals surface area contributed by atoms with Crippen LogP contribution in [0.15, 0.2) is 17.5 Å². The van der Waals surface area contributed by atoms with Gasteiger partial charge in [0.2, 0.25) is 17.7 Å². The smallest absolute Gasteiger partial charge is 0.326 e. The van der Waals surface area contributed by atoms with E-state index in [1.165, 1.54) is 24.3 Å². The SMILES string of the molecule is CCC(C)C(NC(=O)C(Cc1cnc[nH]1)NC(=O)C(N)CCCN=C(N)N)C(=O)NC(CCSC)C(=O)O. The fourth-order valence-electron chi connectivity index (χ4n) is 3.47. The molecule has 15 heteroatoms. The van der Waals surface area contributed by atoms with Gasteiger partial charge in [-0.3, -0.25) is 19.4 Å². The predicted octanol–water partition coefficient (Wildman–Crippen LogP) is -1.33. The number of carbonyl (C=O) groups excluding carboxylic acids is 3. The lowest BCUT2D eigenvalue weighted by Gasteiger charge is -2.28. The number of rotatable bonds is 18. The van der Waals surface area contributed by atoms with Crippen LogP contribution in [-0.4, -0.2) is 87.4 Å². The molecule has 1 heterocycles. The minimum Gasteiger partial charge on any atom is -0.480 e. The van der Waals surface area contributed by atoms with Gasteiger partial charge < -0.3 is 43.2 Å². The summed E-state index contributed by atoms with van der Waals surface area (Å²) in [5, 5.41) is 17.4. The molecular formula is C23H41N9O5S. The van der Waals surface area contributed by atoms with E-state index in [1.807, 2.05) is 13.2 Å². The molecule has 0 aliphatic rings. The number of thioether (sulfide) groups is 1. The highest BCUT2D eigenvalue weighted by atomic mass is 32.2. The maximum atomic E-state index is 13.3. The van der Waals surface area contributed by atoms with Crippen LogP contribution in [0.25, 0.3) is 0 Å². The zero-order valence-electron chi connectivity index (χ0n) is 22.1. The first-order valence-corrected chi connectivity index (χ1v) is 13.8. The first-order chi connectivity index (χ1) is 18.0. The van der Waals surface area contributed by atoms with Gasteiger partial charge in [0.1, 0.15) is 18.1 Å². The van der Waals surface area contributed by atoms with Crippen molar-refractivity contribution in [3.8, 4) is 0 Å². The minimum atomic E-state index is -1.15. The van der Waals surface area contributed by atoms with Crippen molar-refractivity contribution in [2.75, 3.05) is 18.6 Å². The van der Waals surface area contributed by atoms with Gasteiger partial charge in [-0.15, -0.1) is 0 Å². The second kappa shape index (κ2) is 17.2. The van der Waals surface area contributed by atoms with E-state index >= 15 is 0 Å². The molecule has 1 rings (SSSR count). The van der Waals surface area contributed by atoms with Crippen molar-refractivity contribution < 1.29 is 24.3 Å². The molecule has 214 valence electrons. The average molecular weight is 556 g/mol. The van der Waals surface area contributed by atoms with E-state index in [0.29, 0.717) is 30.8 Å². The number of amides is 3. The van der Waals surface area contributed by atoms with Crippen molar-refractivity contribution in [3.63, 3.8) is 0 Å². The quantitative estimate of drug-likeness (QED) is 0.0602. The van der Waals surface area contributed by atoms with Crippen molar-refractivity contribution in [1.82, 2.24) is 25.9 Å². The zero-order chi connectivity index (χ0) is 28.7. The largest absolute Gasteiger partial charge is 0.480 e. The third-order valence-electron chi connectivity index (χ3n) is 5.93. The lowest BCUT2D eigenvalue weighted by atomic mass is 9.97. The predicted molar refractivity (Wildman–Crippen MR) is 146 cm³/mol. The van der Waals surface area contributed by atoms with Crippen LogP contribution in [0.2, 0.25) is 0 Å². The minimum absolute atomic E-state index is 0.0573. The number of aromatic amines is 1. The van der Waals surface area contributed by atoms with Crippen LogP contribution < -0.4 is 33.2 Å². The highest BCUT2D eigenvalue weighted by molar-refractivity contribution is 7.98.